The van der Waals surface area contributed by atoms with Gasteiger partial charge in [-0.25, -0.2) is 4.79 Å². The standard InChI is InChI=1S/C20H21N3O3/c1-4-23-16-8-6-5-7-13(16)11-17(23)19(24)22-15-10-14(20(25)26-3)9-12(2)18(15)21/h5-11H,4,21H2,1-3H3,(H,22,24). The molecule has 0 saturated heterocycles. The Hall–Kier alpha value is -3.28. The van der Waals surface area contributed by atoms with Gasteiger partial charge in [-0.15, -0.1) is 0 Å². The van der Waals surface area contributed by atoms with Gasteiger partial charge >= 0.3 is 5.97 Å². The molecule has 0 aliphatic carbocycles. The van der Waals surface area contributed by atoms with Crippen LogP contribution in [0.1, 0.15) is 33.3 Å². The fraction of sp³-hybridized carbons (Fsp3) is 0.200. The van der Waals surface area contributed by atoms with Crippen molar-refractivity contribution in [1.29, 1.82) is 0 Å². The second-order valence-electron chi connectivity index (χ2n) is 6.03. The Morgan fingerprint density at radius 2 is 1.92 bits per heavy atom. The van der Waals surface area contributed by atoms with Crippen molar-refractivity contribution in [2.45, 2.75) is 20.4 Å². The molecule has 0 atom stereocenters. The van der Waals surface area contributed by atoms with E-state index in [0.29, 0.717) is 34.7 Å². The monoisotopic (exact) mass is 351 g/mol. The summed E-state index contributed by atoms with van der Waals surface area (Å²) in [5, 5.41) is 3.82. The predicted octanol–water partition coefficient (Wildman–Crippen LogP) is 3.59. The van der Waals surface area contributed by atoms with Gasteiger partial charge < -0.3 is 20.4 Å². The summed E-state index contributed by atoms with van der Waals surface area (Å²) < 4.78 is 6.70. The van der Waals surface area contributed by atoms with E-state index in [1.165, 1.54) is 13.2 Å². The van der Waals surface area contributed by atoms with E-state index in [1.54, 1.807) is 13.0 Å². The summed E-state index contributed by atoms with van der Waals surface area (Å²) in [5.41, 5.74) is 9.47. The number of rotatable bonds is 4. The maximum atomic E-state index is 12.9. The quantitative estimate of drug-likeness (QED) is 0.555. The number of hydrogen-bond donors (Lipinski definition) is 2. The summed E-state index contributed by atoms with van der Waals surface area (Å²) in [6, 6.07) is 12.8. The minimum Gasteiger partial charge on any atom is -0.465 e. The van der Waals surface area contributed by atoms with Crippen LogP contribution < -0.4 is 11.1 Å². The van der Waals surface area contributed by atoms with Gasteiger partial charge in [-0.2, -0.15) is 0 Å². The molecule has 0 unspecified atom stereocenters. The summed E-state index contributed by atoms with van der Waals surface area (Å²) in [6.07, 6.45) is 0. The molecule has 0 saturated carbocycles. The third-order valence-electron chi connectivity index (χ3n) is 4.42. The first-order chi connectivity index (χ1) is 12.5. The molecule has 0 fully saturated rings. The van der Waals surface area contributed by atoms with Gasteiger partial charge in [0.05, 0.1) is 24.0 Å². The average Bonchev–Trinajstić information content (AvgIpc) is 3.03. The molecular formula is C20H21N3O3. The average molecular weight is 351 g/mol. The van der Waals surface area contributed by atoms with Crippen LogP contribution in [-0.2, 0) is 11.3 Å². The van der Waals surface area contributed by atoms with Crippen LogP contribution in [0.5, 0.6) is 0 Å². The molecule has 0 aliphatic rings. The van der Waals surface area contributed by atoms with E-state index in [2.05, 4.69) is 5.32 Å². The first kappa shape index (κ1) is 17.5. The van der Waals surface area contributed by atoms with Gasteiger partial charge in [0.1, 0.15) is 5.69 Å². The summed E-state index contributed by atoms with van der Waals surface area (Å²) in [7, 11) is 1.31. The molecule has 0 radical (unpaired) electrons. The van der Waals surface area contributed by atoms with Gasteiger partial charge in [0.2, 0.25) is 0 Å². The molecule has 3 rings (SSSR count). The van der Waals surface area contributed by atoms with Gasteiger partial charge in [0.15, 0.2) is 0 Å². The Labute approximate surface area is 151 Å². The summed E-state index contributed by atoms with van der Waals surface area (Å²) in [5.74, 6) is -0.762. The first-order valence-corrected chi connectivity index (χ1v) is 8.34. The molecular weight excluding hydrogens is 330 g/mol. The van der Waals surface area contributed by atoms with E-state index in [9.17, 15) is 9.59 Å². The lowest BCUT2D eigenvalue weighted by Gasteiger charge is -2.13. The molecule has 0 aliphatic heterocycles. The number of carbonyl (C=O) groups excluding carboxylic acids is 2. The van der Waals surface area contributed by atoms with Crippen LogP contribution in [0, 0.1) is 6.92 Å². The molecule has 1 aromatic heterocycles. The molecule has 6 heteroatoms. The van der Waals surface area contributed by atoms with E-state index in [4.69, 9.17) is 10.5 Å². The molecule has 0 bridgehead atoms. The number of nitrogens with zero attached hydrogens (tertiary/aromatic N) is 1. The minimum atomic E-state index is -0.480. The van der Waals surface area contributed by atoms with Crippen molar-refractivity contribution in [2.75, 3.05) is 18.2 Å². The number of anilines is 2. The maximum Gasteiger partial charge on any atom is 0.337 e. The molecule has 0 spiro atoms. The Morgan fingerprint density at radius 3 is 2.62 bits per heavy atom. The van der Waals surface area contributed by atoms with Crippen molar-refractivity contribution in [1.82, 2.24) is 4.57 Å². The van der Waals surface area contributed by atoms with Gasteiger partial charge in [0.25, 0.3) is 5.91 Å². The SMILES string of the molecule is CCn1c(C(=O)Nc2cc(C(=O)OC)cc(C)c2N)cc2ccccc21. The number of nitrogen functional groups attached to an aromatic ring is 1. The second-order valence-corrected chi connectivity index (χ2v) is 6.03. The number of hydrogen-bond acceptors (Lipinski definition) is 4. The number of aromatic nitrogens is 1. The Kier molecular flexibility index (Phi) is 4.67. The van der Waals surface area contributed by atoms with E-state index >= 15 is 0 Å². The van der Waals surface area contributed by atoms with Crippen LogP contribution in [-0.4, -0.2) is 23.6 Å². The van der Waals surface area contributed by atoms with E-state index in [0.717, 1.165) is 10.9 Å². The Morgan fingerprint density at radius 1 is 1.19 bits per heavy atom. The fourth-order valence-corrected chi connectivity index (χ4v) is 3.06. The number of nitrogens with one attached hydrogen (secondary N) is 1. The largest absolute Gasteiger partial charge is 0.465 e. The van der Waals surface area contributed by atoms with Crippen molar-refractivity contribution in [2.24, 2.45) is 0 Å². The smallest absolute Gasteiger partial charge is 0.337 e. The second kappa shape index (κ2) is 6.92. The lowest BCUT2D eigenvalue weighted by molar-refractivity contribution is 0.0600. The Balaban J connectivity index is 2.01. The van der Waals surface area contributed by atoms with Crippen molar-refractivity contribution in [3.8, 4) is 0 Å². The van der Waals surface area contributed by atoms with Crippen LogP contribution in [0.4, 0.5) is 11.4 Å². The van der Waals surface area contributed by atoms with Crippen molar-refractivity contribution in [3.63, 3.8) is 0 Å². The van der Waals surface area contributed by atoms with Crippen molar-refractivity contribution in [3.05, 3.63) is 59.3 Å². The van der Waals surface area contributed by atoms with Gasteiger partial charge in [0, 0.05) is 17.4 Å². The number of benzene rings is 2. The zero-order valence-corrected chi connectivity index (χ0v) is 15.0. The summed E-state index contributed by atoms with van der Waals surface area (Å²) >= 11 is 0. The molecule has 26 heavy (non-hydrogen) atoms. The normalized spacial score (nSPS) is 10.7. The summed E-state index contributed by atoms with van der Waals surface area (Å²) in [4.78, 5) is 24.7. The maximum absolute atomic E-state index is 12.9. The van der Waals surface area contributed by atoms with Crippen LogP contribution in [0.25, 0.3) is 10.9 Å². The topological polar surface area (TPSA) is 86.3 Å². The van der Waals surface area contributed by atoms with Crippen LogP contribution in [0.2, 0.25) is 0 Å². The van der Waals surface area contributed by atoms with Crippen LogP contribution in [0.15, 0.2) is 42.5 Å². The lowest BCUT2D eigenvalue weighted by atomic mass is 10.1. The zero-order chi connectivity index (χ0) is 18.8. The van der Waals surface area contributed by atoms with Gasteiger partial charge in [-0.05, 0) is 43.7 Å². The summed E-state index contributed by atoms with van der Waals surface area (Å²) in [6.45, 7) is 4.42. The third-order valence-corrected chi connectivity index (χ3v) is 4.42. The van der Waals surface area contributed by atoms with Crippen molar-refractivity contribution >= 4 is 34.2 Å². The number of fused-ring (bicyclic) bond motifs is 1. The highest BCUT2D eigenvalue weighted by molar-refractivity contribution is 6.08. The highest BCUT2D eigenvalue weighted by Crippen LogP contribution is 2.27. The van der Waals surface area contributed by atoms with E-state index < -0.39 is 5.97 Å². The molecule has 2 aromatic carbocycles. The number of para-hydroxylation sites is 1. The Bertz CT molecular complexity index is 1000. The molecule has 3 N–H and O–H groups in total. The fourth-order valence-electron chi connectivity index (χ4n) is 3.06. The van der Waals surface area contributed by atoms with Crippen LogP contribution >= 0.6 is 0 Å². The molecule has 1 heterocycles. The number of carbonyl (C=O) groups is 2. The van der Waals surface area contributed by atoms with Gasteiger partial charge in [-0.3, -0.25) is 4.79 Å². The number of esters is 1. The lowest BCUT2D eigenvalue weighted by Crippen LogP contribution is -2.18. The highest BCUT2D eigenvalue weighted by atomic mass is 16.5. The number of amides is 1. The number of aryl methyl sites for hydroxylation is 2. The number of nitrogens with two attached hydrogens (primary N) is 1. The minimum absolute atomic E-state index is 0.281. The predicted molar refractivity (Wildman–Crippen MR) is 102 cm³/mol. The highest BCUT2D eigenvalue weighted by Gasteiger charge is 2.18. The zero-order valence-electron chi connectivity index (χ0n) is 15.0. The number of methoxy groups -OCH3 is 1. The first-order valence-electron chi connectivity index (χ1n) is 8.34. The molecule has 1 amide bonds. The molecule has 134 valence electrons. The number of ether oxygens (including phenoxy) is 1. The van der Waals surface area contributed by atoms with E-state index in [1.807, 2.05) is 41.8 Å². The van der Waals surface area contributed by atoms with Crippen molar-refractivity contribution < 1.29 is 14.3 Å². The van der Waals surface area contributed by atoms with Gasteiger partial charge in [-0.1, -0.05) is 18.2 Å². The van der Waals surface area contributed by atoms with E-state index in [-0.39, 0.29) is 5.91 Å². The third kappa shape index (κ3) is 3.01. The van der Waals surface area contributed by atoms with Crippen LogP contribution in [0.3, 0.4) is 0 Å². The molecule has 3 aromatic rings. The molecule has 6 nitrogen and oxygen atoms in total.